The molecular weight excluding hydrogens is 362 g/mol. The lowest BCUT2D eigenvalue weighted by atomic mass is 10.2. The lowest BCUT2D eigenvalue weighted by Crippen LogP contribution is -2.42. The minimum absolute atomic E-state index is 0.130. The number of ether oxygens (including phenoxy) is 1. The highest BCUT2D eigenvalue weighted by molar-refractivity contribution is 7.89. The maximum atomic E-state index is 11.1. The number of rotatable bonds is 8. The van der Waals surface area contributed by atoms with Crippen molar-refractivity contribution in [2.24, 2.45) is 10.1 Å². The molecule has 1 aliphatic heterocycles. The molecule has 1 fully saturated rings. The molecule has 142 valence electrons. The van der Waals surface area contributed by atoms with Crippen LogP contribution in [0.5, 0.6) is 0 Å². The lowest BCUT2D eigenvalue weighted by molar-refractivity contribution is 0.0186. The van der Waals surface area contributed by atoms with Crippen LogP contribution in [0.25, 0.3) is 0 Å². The summed E-state index contributed by atoms with van der Waals surface area (Å²) in [5, 5.41) is 13.3. The first-order chi connectivity index (χ1) is 12.0. The Bertz CT molecular complexity index is 628. The van der Waals surface area contributed by atoms with E-state index in [2.05, 4.69) is 32.0 Å². The molecule has 1 aliphatic rings. The Morgan fingerprint density at radius 3 is 2.80 bits per heavy atom. The van der Waals surface area contributed by atoms with Crippen molar-refractivity contribution in [1.82, 2.24) is 15.5 Å². The number of hydrogen-bond donors (Lipinski definition) is 3. The Labute approximate surface area is 153 Å². The fourth-order valence-corrected chi connectivity index (χ4v) is 3.83. The third-order valence-electron chi connectivity index (χ3n) is 3.80. The van der Waals surface area contributed by atoms with E-state index in [-0.39, 0.29) is 18.3 Å². The van der Waals surface area contributed by atoms with Crippen molar-refractivity contribution in [3.05, 3.63) is 22.4 Å². The number of guanidine groups is 1. The first-order valence-corrected chi connectivity index (χ1v) is 11.0. The van der Waals surface area contributed by atoms with Gasteiger partial charge >= 0.3 is 0 Å². The molecule has 0 saturated carbocycles. The summed E-state index contributed by atoms with van der Waals surface area (Å²) in [4.78, 5) is 8.30. The van der Waals surface area contributed by atoms with E-state index in [1.54, 1.807) is 11.3 Å². The Kier molecular flexibility index (Phi) is 8.10. The molecule has 25 heavy (non-hydrogen) atoms. The molecule has 0 aliphatic carbocycles. The third-order valence-corrected chi connectivity index (χ3v) is 5.55. The second-order valence-electron chi connectivity index (χ2n) is 5.69. The highest BCUT2D eigenvalue weighted by atomic mass is 32.2. The van der Waals surface area contributed by atoms with E-state index in [1.165, 1.54) is 4.88 Å². The molecule has 2 rings (SSSR count). The lowest BCUT2D eigenvalue weighted by Gasteiger charge is -2.33. The zero-order chi connectivity index (χ0) is 18.1. The topological polar surface area (TPSA) is 109 Å². The SMILES string of the molecule is CCNC(=NCC(c1cccs1)N1CCOCC1)NCCS(N)(=O)=O. The van der Waals surface area contributed by atoms with Gasteiger partial charge in [-0.15, -0.1) is 11.3 Å². The summed E-state index contributed by atoms with van der Waals surface area (Å²) in [5.74, 6) is 0.468. The van der Waals surface area contributed by atoms with E-state index in [9.17, 15) is 8.42 Å². The van der Waals surface area contributed by atoms with Crippen LogP contribution in [0.4, 0.5) is 0 Å². The molecule has 8 nitrogen and oxygen atoms in total. The average molecular weight is 390 g/mol. The molecule has 0 amide bonds. The van der Waals surface area contributed by atoms with Gasteiger partial charge in [-0.2, -0.15) is 0 Å². The van der Waals surface area contributed by atoms with Gasteiger partial charge in [-0.1, -0.05) is 6.07 Å². The van der Waals surface area contributed by atoms with Crippen molar-refractivity contribution < 1.29 is 13.2 Å². The molecule has 10 heteroatoms. The van der Waals surface area contributed by atoms with Gasteiger partial charge in [-0.3, -0.25) is 9.89 Å². The van der Waals surface area contributed by atoms with Crippen molar-refractivity contribution in [2.75, 3.05) is 51.7 Å². The highest BCUT2D eigenvalue weighted by Crippen LogP contribution is 2.26. The molecule has 0 bridgehead atoms. The van der Waals surface area contributed by atoms with Crippen LogP contribution in [0.15, 0.2) is 22.5 Å². The van der Waals surface area contributed by atoms with Crippen molar-refractivity contribution in [2.45, 2.75) is 13.0 Å². The fraction of sp³-hybridized carbons (Fsp3) is 0.667. The van der Waals surface area contributed by atoms with Crippen LogP contribution in [-0.2, 0) is 14.8 Å². The van der Waals surface area contributed by atoms with E-state index < -0.39 is 10.0 Å². The van der Waals surface area contributed by atoms with Gasteiger partial charge in [0.2, 0.25) is 10.0 Å². The minimum atomic E-state index is -3.48. The second kappa shape index (κ2) is 10.1. The van der Waals surface area contributed by atoms with Crippen molar-refractivity contribution >= 4 is 27.3 Å². The van der Waals surface area contributed by atoms with Gasteiger partial charge in [0.15, 0.2) is 5.96 Å². The molecule has 0 radical (unpaired) electrons. The number of nitrogens with one attached hydrogen (secondary N) is 2. The van der Waals surface area contributed by atoms with Crippen LogP contribution in [0.2, 0.25) is 0 Å². The first kappa shape index (κ1) is 20.1. The first-order valence-electron chi connectivity index (χ1n) is 8.37. The summed E-state index contributed by atoms with van der Waals surface area (Å²) < 4.78 is 27.6. The smallest absolute Gasteiger partial charge is 0.210 e. The molecule has 1 atom stereocenters. The zero-order valence-electron chi connectivity index (χ0n) is 14.5. The average Bonchev–Trinajstić information content (AvgIpc) is 3.09. The predicted molar refractivity (Wildman–Crippen MR) is 101 cm³/mol. The second-order valence-corrected chi connectivity index (χ2v) is 8.41. The maximum absolute atomic E-state index is 11.1. The van der Waals surface area contributed by atoms with E-state index in [0.717, 1.165) is 26.3 Å². The third kappa shape index (κ3) is 7.28. The minimum Gasteiger partial charge on any atom is -0.379 e. The molecule has 0 spiro atoms. The molecule has 1 unspecified atom stereocenters. The summed E-state index contributed by atoms with van der Waals surface area (Å²) in [7, 11) is -3.48. The number of aliphatic imine (C=N–C) groups is 1. The van der Waals surface area contributed by atoms with Gasteiger partial charge in [0.05, 0.1) is 31.6 Å². The largest absolute Gasteiger partial charge is 0.379 e. The Morgan fingerprint density at radius 1 is 1.44 bits per heavy atom. The predicted octanol–water partition coefficient (Wildman–Crippen LogP) is -0.0350. The molecule has 0 aromatic carbocycles. The van der Waals surface area contributed by atoms with Gasteiger partial charge in [0.25, 0.3) is 0 Å². The Hall–Kier alpha value is -1.20. The Morgan fingerprint density at radius 2 is 2.20 bits per heavy atom. The number of thiophene rings is 1. The number of nitrogens with two attached hydrogens (primary N) is 1. The molecule has 4 N–H and O–H groups in total. The summed E-state index contributed by atoms with van der Waals surface area (Å²) in [6.45, 7) is 6.71. The molecule has 2 heterocycles. The van der Waals surface area contributed by atoms with E-state index in [4.69, 9.17) is 9.88 Å². The molecule has 1 aromatic heterocycles. The van der Waals surface area contributed by atoms with E-state index in [0.29, 0.717) is 19.0 Å². The van der Waals surface area contributed by atoms with Gasteiger partial charge in [0.1, 0.15) is 0 Å². The fourth-order valence-electron chi connectivity index (χ4n) is 2.59. The highest BCUT2D eigenvalue weighted by Gasteiger charge is 2.23. The van der Waals surface area contributed by atoms with E-state index >= 15 is 0 Å². The van der Waals surface area contributed by atoms with E-state index in [1.807, 2.05) is 13.0 Å². The zero-order valence-corrected chi connectivity index (χ0v) is 16.1. The number of morpholine rings is 1. The van der Waals surface area contributed by atoms with Crippen LogP contribution in [0, 0.1) is 0 Å². The maximum Gasteiger partial charge on any atom is 0.210 e. The van der Waals surface area contributed by atoms with Crippen LogP contribution in [0.3, 0.4) is 0 Å². The van der Waals surface area contributed by atoms with Crippen molar-refractivity contribution in [3.63, 3.8) is 0 Å². The normalized spacial score (nSPS) is 18.1. The molecule has 1 aromatic rings. The van der Waals surface area contributed by atoms with Crippen LogP contribution in [0.1, 0.15) is 17.8 Å². The Balaban J connectivity index is 2.02. The van der Waals surface area contributed by atoms with Crippen molar-refractivity contribution in [3.8, 4) is 0 Å². The molecule has 1 saturated heterocycles. The quantitative estimate of drug-likeness (QED) is 0.425. The van der Waals surface area contributed by atoms with Crippen molar-refractivity contribution in [1.29, 1.82) is 0 Å². The van der Waals surface area contributed by atoms with Crippen LogP contribution < -0.4 is 15.8 Å². The van der Waals surface area contributed by atoms with Crippen LogP contribution >= 0.6 is 11.3 Å². The summed E-state index contributed by atoms with van der Waals surface area (Å²) in [5.41, 5.74) is 0. The molecular formula is C15H27N5O3S2. The van der Waals surface area contributed by atoms with Gasteiger partial charge in [0, 0.05) is 31.1 Å². The summed E-state index contributed by atoms with van der Waals surface area (Å²) in [6.07, 6.45) is 0. The number of hydrogen-bond acceptors (Lipinski definition) is 6. The number of primary sulfonamides is 1. The van der Waals surface area contributed by atoms with Crippen LogP contribution in [-0.4, -0.2) is 71.0 Å². The summed E-state index contributed by atoms with van der Waals surface area (Å²) >= 11 is 1.72. The van der Waals surface area contributed by atoms with Gasteiger partial charge in [-0.25, -0.2) is 13.6 Å². The number of nitrogens with zero attached hydrogens (tertiary/aromatic N) is 2. The van der Waals surface area contributed by atoms with Gasteiger partial charge in [-0.05, 0) is 18.4 Å². The monoisotopic (exact) mass is 389 g/mol. The summed E-state index contributed by atoms with van der Waals surface area (Å²) in [6, 6.07) is 4.37. The van der Waals surface area contributed by atoms with Gasteiger partial charge < -0.3 is 15.4 Å². The number of sulfonamides is 1. The standard InChI is InChI=1S/C15H27N5O3S2/c1-2-17-15(18-5-11-25(16,21)22)19-12-13(14-4-3-10-24-14)20-6-8-23-9-7-20/h3-4,10,13H,2,5-9,11-12H2,1H3,(H2,16,21,22)(H2,17,18,19).